The lowest BCUT2D eigenvalue weighted by Crippen LogP contribution is -2.37. The van der Waals surface area contributed by atoms with Gasteiger partial charge in [0.2, 0.25) is 0 Å². The predicted molar refractivity (Wildman–Crippen MR) is 130 cm³/mol. The predicted octanol–water partition coefficient (Wildman–Crippen LogP) is 3.39. The number of ether oxygens (including phenoxy) is 1. The van der Waals surface area contributed by atoms with Crippen molar-refractivity contribution in [2.24, 2.45) is 4.99 Å². The van der Waals surface area contributed by atoms with Crippen LogP contribution in [0.5, 0.6) is 0 Å². The molecule has 6 nitrogen and oxygen atoms in total. The van der Waals surface area contributed by atoms with Crippen molar-refractivity contribution in [3.05, 3.63) is 70.1 Å². The van der Waals surface area contributed by atoms with E-state index in [-0.39, 0.29) is 29.5 Å². The number of nitrogens with zero attached hydrogens (tertiary/aromatic N) is 2. The highest BCUT2D eigenvalue weighted by atomic mass is 127. The Morgan fingerprint density at radius 3 is 2.45 bits per heavy atom. The summed E-state index contributed by atoms with van der Waals surface area (Å²) < 4.78 is 7.26. The molecule has 0 aliphatic rings. The third-order valence-electron chi connectivity index (χ3n) is 4.36. The van der Waals surface area contributed by atoms with E-state index >= 15 is 0 Å². The quantitative estimate of drug-likeness (QED) is 0.210. The Balaban J connectivity index is 0.00000420. The number of pyridine rings is 1. The zero-order chi connectivity index (χ0) is 20.0. The lowest BCUT2D eigenvalue weighted by Gasteiger charge is -2.12. The summed E-state index contributed by atoms with van der Waals surface area (Å²) in [5.41, 5.74) is 2.27. The number of hydrogen-bond donors (Lipinski definition) is 2. The van der Waals surface area contributed by atoms with Crippen molar-refractivity contribution >= 4 is 29.9 Å². The van der Waals surface area contributed by atoms with Crippen molar-refractivity contribution in [2.75, 3.05) is 26.8 Å². The monoisotopic (exact) mass is 512 g/mol. The summed E-state index contributed by atoms with van der Waals surface area (Å²) in [4.78, 5) is 16.0. The molecule has 0 spiro atoms. The van der Waals surface area contributed by atoms with E-state index < -0.39 is 0 Å². The second-order valence-electron chi connectivity index (χ2n) is 6.66. The van der Waals surface area contributed by atoms with Gasteiger partial charge >= 0.3 is 0 Å². The summed E-state index contributed by atoms with van der Waals surface area (Å²) in [6, 6.07) is 13.5. The fourth-order valence-electron chi connectivity index (χ4n) is 2.69. The van der Waals surface area contributed by atoms with Gasteiger partial charge in [0.1, 0.15) is 0 Å². The molecule has 0 saturated heterocycles. The molecule has 0 radical (unpaired) electrons. The number of hydrogen-bond acceptors (Lipinski definition) is 3. The summed E-state index contributed by atoms with van der Waals surface area (Å²) >= 11 is 0. The first-order valence-corrected chi connectivity index (χ1v) is 9.98. The molecule has 7 heteroatoms. The summed E-state index contributed by atoms with van der Waals surface area (Å²) in [6.45, 7) is 5.89. The molecule has 2 aromatic rings. The molecule has 0 bridgehead atoms. The van der Waals surface area contributed by atoms with Crippen LogP contribution in [0.15, 0.2) is 58.4 Å². The fraction of sp³-hybridized carbons (Fsp3) is 0.455. The van der Waals surface area contributed by atoms with Crippen LogP contribution in [0.3, 0.4) is 0 Å². The first-order chi connectivity index (χ1) is 13.7. The van der Waals surface area contributed by atoms with E-state index in [9.17, 15) is 4.79 Å². The minimum atomic E-state index is 0. The standard InChI is InChI=1S/C22H32N4O2.HI/c1-3-4-15-28-16-7-13-24-22(23-2)25-17-19-9-11-20(12-10-19)18-26-14-6-5-8-21(26)27;/h5-6,8-12,14H,3-4,7,13,15-18H2,1-2H3,(H2,23,24,25);1H. The third kappa shape index (κ3) is 9.94. The number of aliphatic imine (C=N–C) groups is 1. The summed E-state index contributed by atoms with van der Waals surface area (Å²) in [6.07, 6.45) is 5.05. The smallest absolute Gasteiger partial charge is 0.250 e. The number of benzene rings is 1. The van der Waals surface area contributed by atoms with Gasteiger partial charge in [-0.1, -0.05) is 43.7 Å². The van der Waals surface area contributed by atoms with Gasteiger partial charge in [0.15, 0.2) is 5.96 Å². The van der Waals surface area contributed by atoms with Crippen LogP contribution < -0.4 is 16.2 Å². The Morgan fingerprint density at radius 1 is 1.03 bits per heavy atom. The zero-order valence-electron chi connectivity index (χ0n) is 17.4. The van der Waals surface area contributed by atoms with Crippen LogP contribution in [0.2, 0.25) is 0 Å². The van der Waals surface area contributed by atoms with Crippen molar-refractivity contribution in [1.29, 1.82) is 0 Å². The SMILES string of the molecule is CCCCOCCCNC(=NC)NCc1ccc(Cn2ccccc2=O)cc1.I. The molecule has 1 aromatic heterocycles. The van der Waals surface area contributed by atoms with E-state index in [1.165, 1.54) is 6.42 Å². The van der Waals surface area contributed by atoms with Gasteiger partial charge in [0.05, 0.1) is 6.54 Å². The Labute approximate surface area is 190 Å². The number of rotatable bonds is 11. The molecule has 29 heavy (non-hydrogen) atoms. The van der Waals surface area contributed by atoms with E-state index in [0.717, 1.165) is 49.7 Å². The average Bonchev–Trinajstić information content (AvgIpc) is 2.72. The zero-order valence-corrected chi connectivity index (χ0v) is 19.7. The summed E-state index contributed by atoms with van der Waals surface area (Å²) in [5, 5.41) is 6.62. The maximum atomic E-state index is 11.8. The molecule has 0 amide bonds. The molecule has 2 rings (SSSR count). The molecular weight excluding hydrogens is 479 g/mol. The molecule has 0 saturated carbocycles. The Bertz CT molecular complexity index is 775. The van der Waals surface area contributed by atoms with E-state index in [1.807, 2.05) is 12.3 Å². The van der Waals surface area contributed by atoms with Gasteiger partial charge < -0.3 is 19.9 Å². The molecule has 0 fully saturated rings. The van der Waals surface area contributed by atoms with Crippen LogP contribution in [-0.4, -0.2) is 37.3 Å². The number of guanidine groups is 1. The van der Waals surface area contributed by atoms with Gasteiger partial charge in [0, 0.05) is 45.6 Å². The molecule has 0 atom stereocenters. The lowest BCUT2D eigenvalue weighted by molar-refractivity contribution is 0.129. The summed E-state index contributed by atoms with van der Waals surface area (Å²) in [7, 11) is 1.77. The Morgan fingerprint density at radius 2 is 1.76 bits per heavy atom. The van der Waals surface area contributed by atoms with Crippen LogP contribution in [0.4, 0.5) is 0 Å². The molecule has 1 heterocycles. The average molecular weight is 512 g/mol. The molecule has 0 aliphatic carbocycles. The van der Waals surface area contributed by atoms with Gasteiger partial charge in [-0.25, -0.2) is 0 Å². The van der Waals surface area contributed by atoms with Crippen LogP contribution in [0.1, 0.15) is 37.3 Å². The van der Waals surface area contributed by atoms with Gasteiger partial charge in [-0.2, -0.15) is 0 Å². The fourth-order valence-corrected chi connectivity index (χ4v) is 2.69. The van der Waals surface area contributed by atoms with Crippen molar-refractivity contribution in [2.45, 2.75) is 39.3 Å². The van der Waals surface area contributed by atoms with Crippen LogP contribution in [-0.2, 0) is 17.8 Å². The number of halogens is 1. The minimum Gasteiger partial charge on any atom is -0.381 e. The maximum Gasteiger partial charge on any atom is 0.250 e. The first kappa shape index (κ1) is 25.2. The highest BCUT2D eigenvalue weighted by Crippen LogP contribution is 2.05. The Hall–Kier alpha value is -1.87. The Kier molecular flexibility index (Phi) is 13.0. The van der Waals surface area contributed by atoms with Gasteiger partial charge in [0.25, 0.3) is 5.56 Å². The topological polar surface area (TPSA) is 67.7 Å². The second kappa shape index (κ2) is 15.0. The third-order valence-corrected chi connectivity index (χ3v) is 4.36. The molecule has 2 N–H and O–H groups in total. The second-order valence-corrected chi connectivity index (χ2v) is 6.66. The molecular formula is C22H33IN4O2. The maximum absolute atomic E-state index is 11.8. The van der Waals surface area contributed by atoms with Crippen LogP contribution >= 0.6 is 24.0 Å². The van der Waals surface area contributed by atoms with Gasteiger partial charge in [-0.15, -0.1) is 24.0 Å². The van der Waals surface area contributed by atoms with Gasteiger partial charge in [-0.3, -0.25) is 9.79 Å². The minimum absolute atomic E-state index is 0. The van der Waals surface area contributed by atoms with Crippen LogP contribution in [0.25, 0.3) is 0 Å². The molecule has 0 unspecified atom stereocenters. The highest BCUT2D eigenvalue weighted by Gasteiger charge is 2.00. The molecule has 0 aliphatic heterocycles. The van der Waals surface area contributed by atoms with Crippen molar-refractivity contribution in [3.8, 4) is 0 Å². The summed E-state index contributed by atoms with van der Waals surface area (Å²) in [5.74, 6) is 0.786. The molecule has 160 valence electrons. The lowest BCUT2D eigenvalue weighted by atomic mass is 10.1. The number of nitrogens with one attached hydrogen (secondary N) is 2. The number of unbranched alkanes of at least 4 members (excludes halogenated alkanes) is 1. The normalized spacial score (nSPS) is 11.0. The van der Waals surface area contributed by atoms with Crippen molar-refractivity contribution in [1.82, 2.24) is 15.2 Å². The van der Waals surface area contributed by atoms with E-state index in [2.05, 4.69) is 46.8 Å². The van der Waals surface area contributed by atoms with Crippen molar-refractivity contribution in [3.63, 3.8) is 0 Å². The van der Waals surface area contributed by atoms with E-state index in [1.54, 1.807) is 23.7 Å². The first-order valence-electron chi connectivity index (χ1n) is 9.98. The molecule has 1 aromatic carbocycles. The van der Waals surface area contributed by atoms with E-state index in [0.29, 0.717) is 13.1 Å². The van der Waals surface area contributed by atoms with Crippen molar-refractivity contribution < 1.29 is 4.74 Å². The van der Waals surface area contributed by atoms with Crippen LogP contribution in [0, 0.1) is 0 Å². The van der Waals surface area contributed by atoms with E-state index in [4.69, 9.17) is 4.74 Å². The number of aromatic nitrogens is 1. The highest BCUT2D eigenvalue weighted by molar-refractivity contribution is 14.0. The largest absolute Gasteiger partial charge is 0.381 e. The van der Waals surface area contributed by atoms with Gasteiger partial charge in [-0.05, 0) is 30.0 Å².